The van der Waals surface area contributed by atoms with Crippen LogP contribution in [0.1, 0.15) is 5.56 Å². The van der Waals surface area contributed by atoms with Crippen LogP contribution in [-0.2, 0) is 4.74 Å². The van der Waals surface area contributed by atoms with Crippen LogP contribution < -0.4 is 5.32 Å². The zero-order valence-corrected chi connectivity index (χ0v) is 12.3. The molecule has 20 heavy (non-hydrogen) atoms. The Kier molecular flexibility index (Phi) is 5.38. The summed E-state index contributed by atoms with van der Waals surface area (Å²) in [5, 5.41) is 2.65. The second-order valence-corrected chi connectivity index (χ2v) is 4.96. The summed E-state index contributed by atoms with van der Waals surface area (Å²) in [6, 6.07) is 17.1. The van der Waals surface area contributed by atoms with Gasteiger partial charge in [0.2, 0.25) is 0 Å². The molecule has 1 N–H and O–H groups in total. The van der Waals surface area contributed by atoms with Crippen molar-refractivity contribution in [2.75, 3.05) is 11.9 Å². The van der Waals surface area contributed by atoms with Gasteiger partial charge >= 0.3 is 6.09 Å². The van der Waals surface area contributed by atoms with Crippen LogP contribution in [0.25, 0.3) is 6.08 Å². The third kappa shape index (κ3) is 4.90. The molecule has 102 valence electrons. The van der Waals surface area contributed by atoms with Crippen LogP contribution in [-0.4, -0.2) is 12.7 Å². The molecule has 0 heterocycles. The van der Waals surface area contributed by atoms with Gasteiger partial charge in [-0.1, -0.05) is 52.3 Å². The maximum Gasteiger partial charge on any atom is 0.411 e. The third-order valence-electron chi connectivity index (χ3n) is 2.51. The Hall–Kier alpha value is -2.07. The lowest BCUT2D eigenvalue weighted by Gasteiger charge is -2.05. The van der Waals surface area contributed by atoms with E-state index in [1.807, 2.05) is 48.5 Å². The standard InChI is InChI=1S/C16H14BrNO2/c17-14-8-10-15(11-9-14)18-16(19)20-12-4-7-13-5-2-1-3-6-13/h1-11H,12H2,(H,18,19). The summed E-state index contributed by atoms with van der Waals surface area (Å²) in [5.41, 5.74) is 1.77. The topological polar surface area (TPSA) is 38.3 Å². The first kappa shape index (κ1) is 14.3. The summed E-state index contributed by atoms with van der Waals surface area (Å²) < 4.78 is 6.01. The molecule has 2 aromatic rings. The van der Waals surface area contributed by atoms with Gasteiger partial charge in [-0.05, 0) is 35.9 Å². The maximum atomic E-state index is 11.5. The molecule has 2 rings (SSSR count). The monoisotopic (exact) mass is 331 g/mol. The summed E-state index contributed by atoms with van der Waals surface area (Å²) in [4.78, 5) is 11.5. The number of amides is 1. The molecule has 0 spiro atoms. The minimum Gasteiger partial charge on any atom is -0.445 e. The first-order chi connectivity index (χ1) is 9.74. The average Bonchev–Trinajstić information content (AvgIpc) is 2.47. The van der Waals surface area contributed by atoms with Gasteiger partial charge in [-0.2, -0.15) is 0 Å². The smallest absolute Gasteiger partial charge is 0.411 e. The number of halogens is 1. The Morgan fingerprint density at radius 2 is 1.80 bits per heavy atom. The highest BCUT2D eigenvalue weighted by Crippen LogP contribution is 2.14. The lowest BCUT2D eigenvalue weighted by Crippen LogP contribution is -2.13. The Bertz CT molecular complexity index is 579. The van der Waals surface area contributed by atoms with Crippen molar-refractivity contribution in [1.82, 2.24) is 0 Å². The molecule has 1 amide bonds. The van der Waals surface area contributed by atoms with Crippen molar-refractivity contribution in [1.29, 1.82) is 0 Å². The molecule has 0 aliphatic carbocycles. The van der Waals surface area contributed by atoms with Gasteiger partial charge in [-0.3, -0.25) is 5.32 Å². The molecule has 0 aromatic heterocycles. The van der Waals surface area contributed by atoms with Gasteiger partial charge < -0.3 is 4.74 Å². The van der Waals surface area contributed by atoms with Gasteiger partial charge in [0.1, 0.15) is 6.61 Å². The van der Waals surface area contributed by atoms with E-state index in [2.05, 4.69) is 21.2 Å². The number of ether oxygens (including phenoxy) is 1. The molecular weight excluding hydrogens is 318 g/mol. The SMILES string of the molecule is O=C(Nc1ccc(Br)cc1)OCC=Cc1ccccc1. The zero-order chi connectivity index (χ0) is 14.2. The summed E-state index contributed by atoms with van der Waals surface area (Å²) in [5.74, 6) is 0. The zero-order valence-electron chi connectivity index (χ0n) is 10.8. The van der Waals surface area contributed by atoms with E-state index in [4.69, 9.17) is 4.74 Å². The fourth-order valence-electron chi connectivity index (χ4n) is 1.56. The lowest BCUT2D eigenvalue weighted by atomic mass is 10.2. The first-order valence-electron chi connectivity index (χ1n) is 6.15. The third-order valence-corrected chi connectivity index (χ3v) is 3.04. The van der Waals surface area contributed by atoms with Crippen LogP contribution in [0.5, 0.6) is 0 Å². The normalized spacial score (nSPS) is 10.4. The van der Waals surface area contributed by atoms with Gasteiger partial charge in [0, 0.05) is 10.2 Å². The molecule has 2 aromatic carbocycles. The van der Waals surface area contributed by atoms with Gasteiger partial charge in [0.15, 0.2) is 0 Å². The van der Waals surface area contributed by atoms with Crippen molar-refractivity contribution in [3.05, 3.63) is 70.7 Å². The number of rotatable bonds is 4. The Morgan fingerprint density at radius 3 is 2.50 bits per heavy atom. The average molecular weight is 332 g/mol. The van der Waals surface area contributed by atoms with Crippen LogP contribution >= 0.6 is 15.9 Å². The van der Waals surface area contributed by atoms with Gasteiger partial charge in [-0.15, -0.1) is 0 Å². The molecule has 0 atom stereocenters. The number of nitrogens with one attached hydrogen (secondary N) is 1. The molecular formula is C16H14BrNO2. The maximum absolute atomic E-state index is 11.5. The molecule has 0 saturated heterocycles. The van der Waals surface area contributed by atoms with Crippen molar-refractivity contribution < 1.29 is 9.53 Å². The predicted octanol–water partition coefficient (Wildman–Crippen LogP) is 4.71. The molecule has 0 aliphatic rings. The van der Waals surface area contributed by atoms with Gasteiger partial charge in [0.05, 0.1) is 0 Å². The summed E-state index contributed by atoms with van der Waals surface area (Å²) >= 11 is 3.33. The fourth-order valence-corrected chi connectivity index (χ4v) is 1.82. The quantitative estimate of drug-likeness (QED) is 0.880. The minimum absolute atomic E-state index is 0.233. The van der Waals surface area contributed by atoms with E-state index in [-0.39, 0.29) is 6.61 Å². The summed E-state index contributed by atoms with van der Waals surface area (Å²) in [6.07, 6.45) is 3.24. The Labute approximate surface area is 126 Å². The van der Waals surface area contributed by atoms with E-state index in [9.17, 15) is 4.79 Å². The minimum atomic E-state index is -0.468. The second kappa shape index (κ2) is 7.50. The molecule has 4 heteroatoms. The molecule has 0 unspecified atom stereocenters. The van der Waals surface area contributed by atoms with E-state index >= 15 is 0 Å². The highest BCUT2D eigenvalue weighted by atomic mass is 79.9. The first-order valence-corrected chi connectivity index (χ1v) is 6.94. The molecule has 3 nitrogen and oxygen atoms in total. The molecule has 0 aliphatic heterocycles. The van der Waals surface area contributed by atoms with Crippen molar-refractivity contribution in [3.63, 3.8) is 0 Å². The van der Waals surface area contributed by atoms with Gasteiger partial charge in [0.25, 0.3) is 0 Å². The molecule has 0 radical (unpaired) electrons. The van der Waals surface area contributed by atoms with Crippen LogP contribution in [0, 0.1) is 0 Å². The van der Waals surface area contributed by atoms with E-state index < -0.39 is 6.09 Å². The van der Waals surface area contributed by atoms with Crippen molar-refractivity contribution >= 4 is 33.8 Å². The fraction of sp³-hybridized carbons (Fsp3) is 0.0625. The van der Waals surface area contributed by atoms with Crippen LogP contribution in [0.15, 0.2) is 65.1 Å². The number of benzene rings is 2. The number of hydrogen-bond acceptors (Lipinski definition) is 2. The van der Waals surface area contributed by atoms with E-state index in [1.54, 1.807) is 18.2 Å². The Morgan fingerprint density at radius 1 is 1.10 bits per heavy atom. The second-order valence-electron chi connectivity index (χ2n) is 4.04. The number of carbonyl (C=O) groups excluding carboxylic acids is 1. The van der Waals surface area contributed by atoms with Crippen molar-refractivity contribution in [2.24, 2.45) is 0 Å². The lowest BCUT2D eigenvalue weighted by molar-refractivity contribution is 0.174. The summed E-state index contributed by atoms with van der Waals surface area (Å²) in [6.45, 7) is 0.233. The van der Waals surface area contributed by atoms with Crippen LogP contribution in [0.2, 0.25) is 0 Å². The highest BCUT2D eigenvalue weighted by molar-refractivity contribution is 9.10. The largest absolute Gasteiger partial charge is 0.445 e. The number of carbonyl (C=O) groups is 1. The molecule has 0 fully saturated rings. The van der Waals surface area contributed by atoms with E-state index in [0.29, 0.717) is 5.69 Å². The molecule has 0 saturated carbocycles. The van der Waals surface area contributed by atoms with Crippen LogP contribution in [0.3, 0.4) is 0 Å². The molecule has 0 bridgehead atoms. The summed E-state index contributed by atoms with van der Waals surface area (Å²) in [7, 11) is 0. The van der Waals surface area contributed by atoms with Crippen molar-refractivity contribution in [3.8, 4) is 0 Å². The van der Waals surface area contributed by atoms with Crippen molar-refractivity contribution in [2.45, 2.75) is 0 Å². The van der Waals surface area contributed by atoms with E-state index in [0.717, 1.165) is 10.0 Å². The number of anilines is 1. The predicted molar refractivity (Wildman–Crippen MR) is 84.6 cm³/mol. The number of hydrogen-bond donors (Lipinski definition) is 1. The van der Waals surface area contributed by atoms with Crippen LogP contribution in [0.4, 0.5) is 10.5 Å². The Balaban J connectivity index is 1.75. The van der Waals surface area contributed by atoms with Gasteiger partial charge in [-0.25, -0.2) is 4.79 Å². The van der Waals surface area contributed by atoms with E-state index in [1.165, 1.54) is 0 Å². The highest BCUT2D eigenvalue weighted by Gasteiger charge is 2.01.